The van der Waals surface area contributed by atoms with Gasteiger partial charge in [-0.1, -0.05) is 367 Å². The standard InChI is InChI=1S/C83H158O17P2/c1-6-9-12-15-18-21-24-27-29-30-32-37-42-47-52-57-62-67-81(86)94-73-79(100-83(88)69-64-59-54-49-44-39-34-33-36-40-45-50-55-60-65-76(4)5)75-98-102(91,92)96-71-77(84)70-95-101(89,90)97-74-78(72-93-80(85)66-61-56-51-46-41-35-26-23-20-17-14-11-8-3)99-82(87)68-63-58-53-48-43-38-31-28-25-22-19-16-13-10-7-2/h22,25,28,31,76-79,84H,6-21,23-24,26-27,29-30,32-75H2,1-5H3,(H,89,90)(H,91,92)/b25-22-,31-28-/t77-,78+,79+/m0/s1. The van der Waals surface area contributed by atoms with Crippen LogP contribution >= 0.6 is 15.6 Å². The van der Waals surface area contributed by atoms with Crippen LogP contribution in [0.15, 0.2) is 24.3 Å². The van der Waals surface area contributed by atoms with Gasteiger partial charge in [-0.25, -0.2) is 9.13 Å². The first-order chi connectivity index (χ1) is 49.5. The summed E-state index contributed by atoms with van der Waals surface area (Å²) in [6.07, 6.45) is 70.0. The molecule has 0 aromatic carbocycles. The van der Waals surface area contributed by atoms with Crippen molar-refractivity contribution in [2.24, 2.45) is 5.92 Å². The van der Waals surface area contributed by atoms with E-state index in [0.717, 1.165) is 109 Å². The average molecular weight is 1490 g/mol. The highest BCUT2D eigenvalue weighted by molar-refractivity contribution is 7.47. The van der Waals surface area contributed by atoms with Crippen molar-refractivity contribution in [2.75, 3.05) is 39.6 Å². The zero-order valence-electron chi connectivity index (χ0n) is 66.2. The van der Waals surface area contributed by atoms with E-state index in [4.69, 9.17) is 37.0 Å². The SMILES string of the molecule is CCCCCC/C=C\C=C/CCCCCCCC(=O)O[C@H](COC(=O)CCCCCCCCCCCCCCC)COP(=O)(O)OC[C@H](O)COP(=O)(O)OC[C@@H](COC(=O)CCCCCCCCCCCCCCCCCCC)OC(=O)CCCCCCCCCCCCCCCCC(C)C. The predicted molar refractivity (Wildman–Crippen MR) is 418 cm³/mol. The number of hydrogen-bond donors (Lipinski definition) is 3. The average Bonchev–Trinajstić information content (AvgIpc) is 0.913. The number of carbonyl (C=O) groups excluding carboxylic acids is 4. The Kier molecular flexibility index (Phi) is 73.5. The largest absolute Gasteiger partial charge is 0.472 e. The summed E-state index contributed by atoms with van der Waals surface area (Å²) in [6, 6.07) is 0. The number of ether oxygens (including phenoxy) is 4. The number of aliphatic hydroxyl groups excluding tert-OH is 1. The second-order valence-electron chi connectivity index (χ2n) is 29.7. The van der Waals surface area contributed by atoms with Gasteiger partial charge in [0.05, 0.1) is 26.4 Å². The number of allylic oxidation sites excluding steroid dienone is 4. The summed E-state index contributed by atoms with van der Waals surface area (Å²) in [4.78, 5) is 73.1. The van der Waals surface area contributed by atoms with E-state index in [2.05, 4.69) is 58.9 Å². The van der Waals surface area contributed by atoms with Crippen LogP contribution < -0.4 is 0 Å². The molecular formula is C83H158O17P2. The third kappa shape index (κ3) is 75.8. The third-order valence-electron chi connectivity index (χ3n) is 18.9. The Balaban J connectivity index is 5.30. The molecule has 0 radical (unpaired) electrons. The number of hydrogen-bond acceptors (Lipinski definition) is 15. The van der Waals surface area contributed by atoms with Crippen LogP contribution in [0.4, 0.5) is 0 Å². The zero-order chi connectivity index (χ0) is 74.8. The number of phosphoric ester groups is 2. The quantitative estimate of drug-likeness (QED) is 0.0169. The first kappa shape index (κ1) is 99.5. The summed E-state index contributed by atoms with van der Waals surface area (Å²) < 4.78 is 68.8. The molecule has 0 aliphatic carbocycles. The molecule has 0 aliphatic heterocycles. The minimum atomic E-state index is -4.97. The number of rotatable bonds is 81. The molecular weight excluding hydrogens is 1330 g/mol. The first-order valence-electron chi connectivity index (χ1n) is 42.5. The molecule has 2 unspecified atom stereocenters. The van der Waals surface area contributed by atoms with Crippen LogP contribution in [-0.2, 0) is 65.4 Å². The number of aliphatic hydroxyl groups is 1. The minimum Gasteiger partial charge on any atom is -0.462 e. The van der Waals surface area contributed by atoms with E-state index in [9.17, 15) is 43.2 Å². The van der Waals surface area contributed by atoms with E-state index in [1.54, 1.807) is 0 Å². The Bertz CT molecular complexity index is 2040. The minimum absolute atomic E-state index is 0.0858. The highest BCUT2D eigenvalue weighted by atomic mass is 31.2. The van der Waals surface area contributed by atoms with E-state index in [1.165, 1.54) is 231 Å². The molecule has 0 aliphatic rings. The van der Waals surface area contributed by atoms with Gasteiger partial charge in [-0.3, -0.25) is 37.3 Å². The topological polar surface area (TPSA) is 237 Å². The lowest BCUT2D eigenvalue weighted by Gasteiger charge is -2.21. The van der Waals surface area contributed by atoms with Gasteiger partial charge in [0.2, 0.25) is 0 Å². The van der Waals surface area contributed by atoms with Crippen molar-refractivity contribution >= 4 is 39.5 Å². The Morgan fingerprint density at radius 1 is 0.304 bits per heavy atom. The second-order valence-corrected chi connectivity index (χ2v) is 32.6. The van der Waals surface area contributed by atoms with Crippen LogP contribution in [0.2, 0.25) is 0 Å². The van der Waals surface area contributed by atoms with Gasteiger partial charge in [-0.05, 0) is 57.3 Å². The molecule has 0 spiro atoms. The summed E-state index contributed by atoms with van der Waals surface area (Å²) in [5, 5.41) is 10.7. The summed E-state index contributed by atoms with van der Waals surface area (Å²) in [7, 11) is -9.94. The van der Waals surface area contributed by atoms with E-state index in [-0.39, 0.29) is 25.7 Å². The monoisotopic (exact) mass is 1490 g/mol. The number of unbranched alkanes of at least 4 members (excludes halogenated alkanes) is 50. The number of phosphoric acid groups is 2. The van der Waals surface area contributed by atoms with Gasteiger partial charge in [0.15, 0.2) is 12.2 Å². The lowest BCUT2D eigenvalue weighted by Crippen LogP contribution is -2.30. The second kappa shape index (κ2) is 75.4. The van der Waals surface area contributed by atoms with Gasteiger partial charge in [0.25, 0.3) is 0 Å². The Morgan fingerprint density at radius 2 is 0.529 bits per heavy atom. The molecule has 0 saturated heterocycles. The Hall–Kier alpha value is -2.46. The maximum Gasteiger partial charge on any atom is 0.472 e. The van der Waals surface area contributed by atoms with Gasteiger partial charge in [0.1, 0.15) is 19.3 Å². The summed E-state index contributed by atoms with van der Waals surface area (Å²) in [5.74, 6) is -1.34. The molecule has 0 fully saturated rings. The Morgan fingerprint density at radius 3 is 0.804 bits per heavy atom. The van der Waals surface area contributed by atoms with Crippen molar-refractivity contribution in [2.45, 2.75) is 438 Å². The lowest BCUT2D eigenvalue weighted by molar-refractivity contribution is -0.161. The first-order valence-corrected chi connectivity index (χ1v) is 45.4. The van der Waals surface area contributed by atoms with Crippen molar-refractivity contribution in [3.05, 3.63) is 24.3 Å². The van der Waals surface area contributed by atoms with Crippen molar-refractivity contribution in [3.8, 4) is 0 Å². The van der Waals surface area contributed by atoms with Crippen molar-refractivity contribution in [3.63, 3.8) is 0 Å². The zero-order valence-corrected chi connectivity index (χ0v) is 68.0. The van der Waals surface area contributed by atoms with Gasteiger partial charge in [0, 0.05) is 25.7 Å². The van der Waals surface area contributed by atoms with E-state index in [0.29, 0.717) is 25.7 Å². The molecule has 602 valence electrons. The van der Waals surface area contributed by atoms with Crippen LogP contribution in [0.1, 0.15) is 420 Å². The van der Waals surface area contributed by atoms with Gasteiger partial charge in [-0.2, -0.15) is 0 Å². The smallest absolute Gasteiger partial charge is 0.462 e. The fourth-order valence-electron chi connectivity index (χ4n) is 12.4. The lowest BCUT2D eigenvalue weighted by atomic mass is 10.0. The third-order valence-corrected chi connectivity index (χ3v) is 20.8. The van der Waals surface area contributed by atoms with Gasteiger partial charge in [-0.15, -0.1) is 0 Å². The van der Waals surface area contributed by atoms with E-state index >= 15 is 0 Å². The molecule has 0 rings (SSSR count). The predicted octanol–water partition coefficient (Wildman–Crippen LogP) is 24.8. The molecule has 0 heterocycles. The highest BCUT2D eigenvalue weighted by Gasteiger charge is 2.30. The van der Waals surface area contributed by atoms with Crippen LogP contribution in [0.5, 0.6) is 0 Å². The molecule has 3 N–H and O–H groups in total. The van der Waals surface area contributed by atoms with Crippen molar-refractivity contribution < 1.29 is 80.2 Å². The summed E-state index contributed by atoms with van der Waals surface area (Å²) >= 11 is 0. The molecule has 0 amide bonds. The molecule has 0 saturated carbocycles. The van der Waals surface area contributed by atoms with E-state index < -0.39 is 97.5 Å². The molecule has 0 aromatic rings. The molecule has 0 aromatic heterocycles. The summed E-state index contributed by atoms with van der Waals surface area (Å²) in [6.45, 7) is 7.31. The van der Waals surface area contributed by atoms with Crippen LogP contribution in [0.3, 0.4) is 0 Å². The molecule has 0 bridgehead atoms. The van der Waals surface area contributed by atoms with E-state index in [1.807, 2.05) is 0 Å². The number of esters is 4. The number of carbonyl (C=O) groups is 4. The molecule has 102 heavy (non-hydrogen) atoms. The van der Waals surface area contributed by atoms with Crippen LogP contribution in [0.25, 0.3) is 0 Å². The highest BCUT2D eigenvalue weighted by Crippen LogP contribution is 2.45. The normalized spacial score (nSPS) is 14.0. The molecule has 17 nitrogen and oxygen atoms in total. The van der Waals surface area contributed by atoms with Crippen LogP contribution in [-0.4, -0.2) is 96.7 Å². The molecule has 19 heteroatoms. The fraction of sp³-hybridized carbons (Fsp3) is 0.904. The molecule has 5 atom stereocenters. The van der Waals surface area contributed by atoms with Gasteiger partial charge >= 0.3 is 39.5 Å². The van der Waals surface area contributed by atoms with Crippen molar-refractivity contribution in [1.29, 1.82) is 0 Å². The van der Waals surface area contributed by atoms with Crippen molar-refractivity contribution in [1.82, 2.24) is 0 Å². The maximum absolute atomic E-state index is 13.1. The van der Waals surface area contributed by atoms with Gasteiger partial charge < -0.3 is 33.8 Å². The summed E-state index contributed by atoms with van der Waals surface area (Å²) in [5.41, 5.74) is 0. The Labute approximate surface area is 624 Å². The fourth-order valence-corrected chi connectivity index (χ4v) is 14.0. The maximum atomic E-state index is 13.1. The van der Waals surface area contributed by atoms with Crippen LogP contribution in [0, 0.1) is 5.92 Å².